The molecule has 140 valence electrons. The van der Waals surface area contributed by atoms with Gasteiger partial charge in [0.2, 0.25) is 0 Å². The fourth-order valence-electron chi connectivity index (χ4n) is 3.19. The number of aryl methyl sites for hydroxylation is 1. The third-order valence-corrected chi connectivity index (χ3v) is 4.59. The van der Waals surface area contributed by atoms with Crippen molar-refractivity contribution in [3.63, 3.8) is 0 Å². The van der Waals surface area contributed by atoms with Gasteiger partial charge in [-0.15, -0.1) is 24.0 Å². The van der Waals surface area contributed by atoms with Crippen LogP contribution in [-0.2, 0) is 12.8 Å². The van der Waals surface area contributed by atoms with Crippen LogP contribution in [0.25, 0.3) is 0 Å². The van der Waals surface area contributed by atoms with Crippen LogP contribution in [-0.4, -0.2) is 24.7 Å². The molecule has 0 radical (unpaired) electrons. The van der Waals surface area contributed by atoms with Crippen LogP contribution in [0.4, 0.5) is 5.69 Å². The quantitative estimate of drug-likeness (QED) is 0.357. The Labute approximate surface area is 171 Å². The highest BCUT2D eigenvalue weighted by Crippen LogP contribution is 2.27. The van der Waals surface area contributed by atoms with Crippen LogP contribution >= 0.6 is 24.0 Å². The molecule has 1 atom stereocenters. The molecule has 0 heterocycles. The number of rotatable bonds is 5. The van der Waals surface area contributed by atoms with E-state index < -0.39 is 6.10 Å². The lowest BCUT2D eigenvalue weighted by Crippen LogP contribution is -2.25. The summed E-state index contributed by atoms with van der Waals surface area (Å²) in [6.45, 7) is 0.209. The SMILES string of the molecule is COc1ccc(C(O)CN=C(N)Nc2cccc3c2CCCC3)cc1.I. The Kier molecular flexibility index (Phi) is 7.71. The first kappa shape index (κ1) is 20.5. The number of fused-ring (bicyclic) bond motifs is 1. The minimum absolute atomic E-state index is 0. The van der Waals surface area contributed by atoms with Crippen LogP contribution in [0.3, 0.4) is 0 Å². The van der Waals surface area contributed by atoms with Crippen LogP contribution in [0.1, 0.15) is 35.6 Å². The lowest BCUT2D eigenvalue weighted by molar-refractivity contribution is 0.187. The molecule has 2 aromatic carbocycles. The van der Waals surface area contributed by atoms with E-state index in [0.29, 0.717) is 5.96 Å². The summed E-state index contributed by atoms with van der Waals surface area (Å²) in [5.41, 5.74) is 10.6. The van der Waals surface area contributed by atoms with Crippen LogP contribution in [0, 0.1) is 0 Å². The summed E-state index contributed by atoms with van der Waals surface area (Å²) >= 11 is 0. The van der Waals surface area contributed by atoms with E-state index in [9.17, 15) is 5.11 Å². The third kappa shape index (κ3) is 5.11. The van der Waals surface area contributed by atoms with Crippen molar-refractivity contribution in [1.82, 2.24) is 0 Å². The van der Waals surface area contributed by atoms with E-state index in [-0.39, 0.29) is 30.5 Å². The highest BCUT2D eigenvalue weighted by atomic mass is 127. The van der Waals surface area contributed by atoms with Gasteiger partial charge in [-0.2, -0.15) is 0 Å². The van der Waals surface area contributed by atoms with Gasteiger partial charge in [-0.1, -0.05) is 24.3 Å². The molecule has 3 rings (SSSR count). The molecule has 0 aromatic heterocycles. The summed E-state index contributed by atoms with van der Waals surface area (Å²) in [4.78, 5) is 4.29. The second-order valence-corrected chi connectivity index (χ2v) is 6.29. The number of guanidine groups is 1. The van der Waals surface area contributed by atoms with Gasteiger partial charge in [0.15, 0.2) is 5.96 Å². The molecule has 1 unspecified atom stereocenters. The van der Waals surface area contributed by atoms with E-state index in [4.69, 9.17) is 10.5 Å². The number of nitrogens with zero attached hydrogens (tertiary/aromatic N) is 1. The zero-order chi connectivity index (χ0) is 17.6. The van der Waals surface area contributed by atoms with Crippen LogP contribution in [0.15, 0.2) is 47.5 Å². The van der Waals surface area contributed by atoms with Gasteiger partial charge in [0.05, 0.1) is 19.8 Å². The molecule has 6 heteroatoms. The maximum absolute atomic E-state index is 10.3. The van der Waals surface area contributed by atoms with Crippen molar-refractivity contribution in [2.24, 2.45) is 10.7 Å². The highest BCUT2D eigenvalue weighted by Gasteiger charge is 2.13. The van der Waals surface area contributed by atoms with Crippen molar-refractivity contribution < 1.29 is 9.84 Å². The smallest absolute Gasteiger partial charge is 0.193 e. The Morgan fingerprint density at radius 2 is 1.92 bits per heavy atom. The Morgan fingerprint density at radius 1 is 1.19 bits per heavy atom. The monoisotopic (exact) mass is 467 g/mol. The van der Waals surface area contributed by atoms with Crippen LogP contribution in [0.2, 0.25) is 0 Å². The van der Waals surface area contributed by atoms with Crippen LogP contribution in [0.5, 0.6) is 5.75 Å². The second-order valence-electron chi connectivity index (χ2n) is 6.29. The van der Waals surface area contributed by atoms with Gasteiger partial charge in [-0.05, 0) is 60.6 Å². The number of benzene rings is 2. The molecule has 1 aliphatic carbocycles. The lowest BCUT2D eigenvalue weighted by atomic mass is 9.90. The zero-order valence-corrected chi connectivity index (χ0v) is 17.3. The van der Waals surface area contributed by atoms with Crippen molar-refractivity contribution in [1.29, 1.82) is 0 Å². The first-order valence-electron chi connectivity index (χ1n) is 8.67. The van der Waals surface area contributed by atoms with Gasteiger partial charge in [0.25, 0.3) is 0 Å². The number of halogens is 1. The normalized spacial score (nSPS) is 14.8. The number of aliphatic hydroxyl groups excluding tert-OH is 1. The minimum Gasteiger partial charge on any atom is -0.497 e. The molecule has 0 saturated heterocycles. The van der Waals surface area contributed by atoms with Crippen molar-refractivity contribution in [2.75, 3.05) is 19.0 Å². The fraction of sp³-hybridized carbons (Fsp3) is 0.350. The average molecular weight is 467 g/mol. The zero-order valence-electron chi connectivity index (χ0n) is 14.9. The van der Waals surface area contributed by atoms with Gasteiger partial charge >= 0.3 is 0 Å². The summed E-state index contributed by atoms with van der Waals surface area (Å²) in [6, 6.07) is 13.6. The lowest BCUT2D eigenvalue weighted by Gasteiger charge is -2.20. The number of aliphatic imine (C=N–C) groups is 1. The van der Waals surface area contributed by atoms with Gasteiger partial charge in [-0.25, -0.2) is 0 Å². The van der Waals surface area contributed by atoms with Crippen LogP contribution < -0.4 is 15.8 Å². The predicted molar refractivity (Wildman–Crippen MR) is 117 cm³/mol. The van der Waals surface area contributed by atoms with E-state index in [1.54, 1.807) is 7.11 Å². The topological polar surface area (TPSA) is 79.9 Å². The molecular formula is C20H26IN3O2. The van der Waals surface area contributed by atoms with Gasteiger partial charge in [0, 0.05) is 5.69 Å². The molecule has 0 fully saturated rings. The Morgan fingerprint density at radius 3 is 2.65 bits per heavy atom. The number of hydrogen-bond donors (Lipinski definition) is 3. The van der Waals surface area contributed by atoms with Gasteiger partial charge < -0.3 is 20.9 Å². The number of nitrogens with two attached hydrogens (primary N) is 1. The number of hydrogen-bond acceptors (Lipinski definition) is 3. The van der Waals surface area contributed by atoms with Crippen molar-refractivity contribution >= 4 is 35.6 Å². The largest absolute Gasteiger partial charge is 0.497 e. The first-order valence-corrected chi connectivity index (χ1v) is 8.67. The summed E-state index contributed by atoms with van der Waals surface area (Å²) in [6.07, 6.45) is 3.95. The minimum atomic E-state index is -0.698. The third-order valence-electron chi connectivity index (χ3n) is 4.59. The highest BCUT2D eigenvalue weighted by molar-refractivity contribution is 14.0. The van der Waals surface area contributed by atoms with Crippen molar-refractivity contribution in [3.05, 3.63) is 59.2 Å². The van der Waals surface area contributed by atoms with E-state index in [1.807, 2.05) is 36.4 Å². The molecule has 0 amide bonds. The first-order chi connectivity index (χ1) is 12.2. The molecule has 5 nitrogen and oxygen atoms in total. The number of ether oxygens (including phenoxy) is 1. The fourth-order valence-corrected chi connectivity index (χ4v) is 3.19. The molecular weight excluding hydrogens is 441 g/mol. The number of nitrogens with one attached hydrogen (secondary N) is 1. The number of methoxy groups -OCH3 is 1. The summed E-state index contributed by atoms with van der Waals surface area (Å²) in [5, 5.41) is 13.5. The Bertz CT molecular complexity index is 747. The Balaban J connectivity index is 0.00000243. The Hall–Kier alpha value is -1.80. The molecule has 4 N–H and O–H groups in total. The molecule has 26 heavy (non-hydrogen) atoms. The molecule has 0 aliphatic heterocycles. The predicted octanol–water partition coefficient (Wildman–Crippen LogP) is 3.65. The summed E-state index contributed by atoms with van der Waals surface area (Å²) < 4.78 is 5.12. The van der Waals surface area contributed by atoms with E-state index in [1.165, 1.54) is 24.0 Å². The standard InChI is InChI=1S/C20H25N3O2.HI/c1-25-16-11-9-15(10-12-16)19(24)13-22-20(21)23-18-8-4-6-14-5-2-3-7-17(14)18;/h4,6,8-12,19,24H,2-3,5,7,13H2,1H3,(H3,21,22,23);1H. The van der Waals surface area contributed by atoms with E-state index in [2.05, 4.69) is 16.4 Å². The second kappa shape index (κ2) is 9.78. The summed E-state index contributed by atoms with van der Waals surface area (Å²) in [5.74, 6) is 1.08. The average Bonchev–Trinajstić information content (AvgIpc) is 2.66. The van der Waals surface area contributed by atoms with Crippen molar-refractivity contribution in [3.8, 4) is 5.75 Å². The molecule has 0 bridgehead atoms. The van der Waals surface area contributed by atoms with Gasteiger partial charge in [0.1, 0.15) is 5.75 Å². The van der Waals surface area contributed by atoms with Gasteiger partial charge in [-0.3, -0.25) is 4.99 Å². The summed E-state index contributed by atoms with van der Waals surface area (Å²) in [7, 11) is 1.62. The number of aliphatic hydroxyl groups is 1. The molecule has 0 spiro atoms. The molecule has 1 aliphatic rings. The molecule has 2 aromatic rings. The molecule has 0 saturated carbocycles. The maximum Gasteiger partial charge on any atom is 0.193 e. The number of anilines is 1. The maximum atomic E-state index is 10.3. The van der Waals surface area contributed by atoms with Crippen molar-refractivity contribution in [2.45, 2.75) is 31.8 Å². The van der Waals surface area contributed by atoms with E-state index >= 15 is 0 Å². The van der Waals surface area contributed by atoms with E-state index in [0.717, 1.165) is 29.8 Å².